The van der Waals surface area contributed by atoms with Crippen LogP contribution in [0.15, 0.2) is 0 Å². The van der Waals surface area contributed by atoms with Gasteiger partial charge in [0.1, 0.15) is 5.60 Å². The summed E-state index contributed by atoms with van der Waals surface area (Å²) in [5, 5.41) is 0. The van der Waals surface area contributed by atoms with Gasteiger partial charge < -0.3 is 14.4 Å². The summed E-state index contributed by atoms with van der Waals surface area (Å²) in [7, 11) is 1.58. The van der Waals surface area contributed by atoms with Gasteiger partial charge >= 0.3 is 6.09 Å². The van der Waals surface area contributed by atoms with Crippen molar-refractivity contribution in [2.75, 3.05) is 26.8 Å². The summed E-state index contributed by atoms with van der Waals surface area (Å²) in [6.45, 7) is 8.34. The number of amides is 1. The van der Waals surface area contributed by atoms with Crippen molar-refractivity contribution in [1.82, 2.24) is 4.90 Å². The monoisotopic (exact) mass is 257 g/mol. The van der Waals surface area contributed by atoms with Gasteiger partial charge in [-0.15, -0.1) is 0 Å². The molecule has 1 fully saturated rings. The van der Waals surface area contributed by atoms with Crippen LogP contribution in [0.4, 0.5) is 4.79 Å². The molecule has 1 saturated heterocycles. The Morgan fingerprint density at radius 2 is 2.06 bits per heavy atom. The molecular weight excluding hydrogens is 234 g/mol. The summed E-state index contributed by atoms with van der Waals surface area (Å²) in [6.07, 6.45) is 0.189. The highest BCUT2D eigenvalue weighted by atomic mass is 16.6. The second kappa shape index (κ2) is 5.26. The maximum Gasteiger partial charge on any atom is 0.410 e. The Morgan fingerprint density at radius 1 is 1.44 bits per heavy atom. The van der Waals surface area contributed by atoms with Gasteiger partial charge in [0.25, 0.3) is 0 Å². The molecule has 1 unspecified atom stereocenters. The predicted molar refractivity (Wildman–Crippen MR) is 67.4 cm³/mol. The summed E-state index contributed by atoms with van der Waals surface area (Å²) >= 11 is 0. The number of hydrogen-bond acceptors (Lipinski definition) is 4. The molecule has 5 heteroatoms. The Kier molecular flexibility index (Phi) is 4.37. The summed E-state index contributed by atoms with van der Waals surface area (Å²) in [5.74, 6) is 0.0291. The lowest BCUT2D eigenvalue weighted by atomic mass is 9.80. The standard InChI is InChI=1S/C13H23NO4/c1-12(2,3)18-11(16)14-7-6-13(4,9-17-5)10(15)8-14/h6-9H2,1-5H3. The van der Waals surface area contributed by atoms with E-state index < -0.39 is 17.1 Å². The third-order valence-corrected chi connectivity index (χ3v) is 3.06. The number of ether oxygens (including phenoxy) is 2. The van der Waals surface area contributed by atoms with Gasteiger partial charge in [-0.1, -0.05) is 6.92 Å². The maximum absolute atomic E-state index is 12.1. The van der Waals surface area contributed by atoms with Gasteiger partial charge in [0.15, 0.2) is 5.78 Å². The third kappa shape index (κ3) is 3.70. The number of methoxy groups -OCH3 is 1. The minimum absolute atomic E-state index is 0.0291. The molecule has 1 heterocycles. The highest BCUT2D eigenvalue weighted by Gasteiger charge is 2.40. The molecule has 104 valence electrons. The van der Waals surface area contributed by atoms with Gasteiger partial charge in [0.2, 0.25) is 0 Å². The van der Waals surface area contributed by atoms with Gasteiger partial charge in [-0.3, -0.25) is 4.79 Å². The smallest absolute Gasteiger partial charge is 0.410 e. The molecule has 0 aliphatic carbocycles. The molecule has 0 N–H and O–H groups in total. The molecule has 0 aromatic rings. The lowest BCUT2D eigenvalue weighted by Gasteiger charge is -2.37. The van der Waals surface area contributed by atoms with Crippen LogP contribution >= 0.6 is 0 Å². The molecule has 1 aliphatic heterocycles. The summed E-state index contributed by atoms with van der Waals surface area (Å²) in [4.78, 5) is 25.4. The van der Waals surface area contributed by atoms with Crippen molar-refractivity contribution in [1.29, 1.82) is 0 Å². The van der Waals surface area contributed by atoms with Crippen LogP contribution in [0.1, 0.15) is 34.1 Å². The maximum atomic E-state index is 12.1. The normalized spacial score (nSPS) is 25.2. The largest absolute Gasteiger partial charge is 0.444 e. The fourth-order valence-electron chi connectivity index (χ4n) is 1.92. The topological polar surface area (TPSA) is 55.8 Å². The van der Waals surface area contributed by atoms with E-state index in [2.05, 4.69) is 0 Å². The van der Waals surface area contributed by atoms with E-state index >= 15 is 0 Å². The van der Waals surface area contributed by atoms with Crippen molar-refractivity contribution in [3.05, 3.63) is 0 Å². The molecule has 0 spiro atoms. The van der Waals surface area contributed by atoms with Gasteiger partial charge in [-0.25, -0.2) is 4.79 Å². The van der Waals surface area contributed by atoms with Crippen molar-refractivity contribution in [2.45, 2.75) is 39.7 Å². The first kappa shape index (κ1) is 15.0. The van der Waals surface area contributed by atoms with Crippen molar-refractivity contribution in [3.63, 3.8) is 0 Å². The number of carbonyl (C=O) groups is 2. The number of ketones is 1. The zero-order chi connectivity index (χ0) is 14.0. The Morgan fingerprint density at radius 3 is 2.50 bits per heavy atom. The summed E-state index contributed by atoms with van der Waals surface area (Å²) < 4.78 is 10.3. The first-order valence-corrected chi connectivity index (χ1v) is 6.18. The lowest BCUT2D eigenvalue weighted by molar-refractivity contribution is -0.136. The van der Waals surface area contributed by atoms with Gasteiger partial charge in [0, 0.05) is 13.7 Å². The minimum atomic E-state index is -0.534. The molecule has 1 atom stereocenters. The number of hydrogen-bond donors (Lipinski definition) is 0. The Bertz CT molecular complexity index is 334. The van der Waals surface area contributed by atoms with Crippen LogP contribution in [0.2, 0.25) is 0 Å². The number of nitrogens with zero attached hydrogens (tertiary/aromatic N) is 1. The SMILES string of the molecule is COCC1(C)CCN(C(=O)OC(C)(C)C)CC1=O. The molecule has 1 aliphatic rings. The van der Waals surface area contributed by atoms with Crippen LogP contribution in [0.5, 0.6) is 0 Å². The van der Waals surface area contributed by atoms with Crippen LogP contribution < -0.4 is 0 Å². The van der Waals surface area contributed by atoms with Gasteiger partial charge in [0.05, 0.1) is 18.6 Å². The average molecular weight is 257 g/mol. The zero-order valence-electron chi connectivity index (χ0n) is 11.9. The van der Waals surface area contributed by atoms with E-state index in [9.17, 15) is 9.59 Å². The molecule has 0 saturated carbocycles. The molecule has 1 rings (SSSR count). The van der Waals surface area contributed by atoms with Crippen LogP contribution in [0, 0.1) is 5.41 Å². The first-order valence-electron chi connectivity index (χ1n) is 6.18. The highest BCUT2D eigenvalue weighted by molar-refractivity contribution is 5.90. The molecular formula is C13H23NO4. The number of Topliss-reactive ketones (excluding diaryl/α,β-unsaturated/α-hetero) is 1. The molecule has 1 amide bonds. The van der Waals surface area contributed by atoms with Crippen molar-refractivity contribution < 1.29 is 19.1 Å². The Labute approximate surface area is 108 Å². The van der Waals surface area contributed by atoms with Crippen molar-refractivity contribution in [2.24, 2.45) is 5.41 Å². The van der Waals surface area contributed by atoms with E-state index in [1.165, 1.54) is 4.90 Å². The number of likely N-dealkylation sites (tertiary alicyclic amines) is 1. The second-order valence-corrected chi connectivity index (χ2v) is 6.07. The van der Waals surface area contributed by atoms with E-state index in [0.717, 1.165) is 0 Å². The lowest BCUT2D eigenvalue weighted by Crippen LogP contribution is -2.51. The van der Waals surface area contributed by atoms with E-state index in [1.54, 1.807) is 7.11 Å². The van der Waals surface area contributed by atoms with E-state index in [-0.39, 0.29) is 12.3 Å². The average Bonchev–Trinajstić information content (AvgIpc) is 2.20. The van der Waals surface area contributed by atoms with Crippen LogP contribution in [0.25, 0.3) is 0 Å². The number of piperidine rings is 1. The molecule has 5 nitrogen and oxygen atoms in total. The molecule has 18 heavy (non-hydrogen) atoms. The zero-order valence-corrected chi connectivity index (χ0v) is 11.9. The Hall–Kier alpha value is -1.10. The molecule has 0 bridgehead atoms. The minimum Gasteiger partial charge on any atom is -0.444 e. The van der Waals surface area contributed by atoms with Gasteiger partial charge in [-0.05, 0) is 27.2 Å². The van der Waals surface area contributed by atoms with Gasteiger partial charge in [-0.2, -0.15) is 0 Å². The van der Waals surface area contributed by atoms with Crippen molar-refractivity contribution >= 4 is 11.9 Å². The quantitative estimate of drug-likeness (QED) is 0.757. The highest BCUT2D eigenvalue weighted by Crippen LogP contribution is 2.28. The van der Waals surface area contributed by atoms with Crippen LogP contribution in [-0.4, -0.2) is 49.2 Å². The van der Waals surface area contributed by atoms with E-state index in [1.807, 2.05) is 27.7 Å². The summed E-state index contributed by atoms with van der Waals surface area (Å²) in [5.41, 5.74) is -1.01. The third-order valence-electron chi connectivity index (χ3n) is 3.06. The fourth-order valence-corrected chi connectivity index (χ4v) is 1.92. The Balaban J connectivity index is 2.61. The van der Waals surface area contributed by atoms with E-state index in [0.29, 0.717) is 19.6 Å². The first-order chi connectivity index (χ1) is 8.18. The summed E-state index contributed by atoms with van der Waals surface area (Å²) in [6, 6.07) is 0. The fraction of sp³-hybridized carbons (Fsp3) is 0.846. The second-order valence-electron chi connectivity index (χ2n) is 6.07. The molecule has 0 aromatic heterocycles. The van der Waals surface area contributed by atoms with Crippen LogP contribution in [0.3, 0.4) is 0 Å². The number of carbonyl (C=O) groups excluding carboxylic acids is 2. The number of rotatable bonds is 2. The molecule has 0 radical (unpaired) electrons. The predicted octanol–water partition coefficient (Wildman–Crippen LogP) is 1.85. The van der Waals surface area contributed by atoms with Crippen molar-refractivity contribution in [3.8, 4) is 0 Å². The van der Waals surface area contributed by atoms with Crippen LogP contribution in [-0.2, 0) is 14.3 Å². The van der Waals surface area contributed by atoms with E-state index in [4.69, 9.17) is 9.47 Å². The molecule has 0 aromatic carbocycles.